The lowest BCUT2D eigenvalue weighted by molar-refractivity contribution is 0.750. The molecule has 4 nitrogen and oxygen atoms in total. The molecule has 3 aromatic carbocycles. The quantitative estimate of drug-likeness (QED) is 0.226. The van der Waals surface area contributed by atoms with Gasteiger partial charge in [0.15, 0.2) is 0 Å². The molecule has 7 aromatic rings. The Kier molecular flexibility index (Phi) is 5.39. The van der Waals surface area contributed by atoms with E-state index in [0.717, 1.165) is 5.69 Å². The first kappa shape index (κ1) is 23.3. The summed E-state index contributed by atoms with van der Waals surface area (Å²) in [5, 5.41) is 5.20. The van der Waals surface area contributed by atoms with E-state index in [9.17, 15) is 0 Å². The fourth-order valence-corrected chi connectivity index (χ4v) is 7.16. The summed E-state index contributed by atoms with van der Waals surface area (Å²) in [7, 11) is 0. The molecule has 1 aliphatic rings. The van der Waals surface area contributed by atoms with Crippen LogP contribution in [-0.4, -0.2) is 24.4 Å². The topological polar surface area (TPSA) is 35.6 Å². The normalized spacial score (nSPS) is 17.3. The summed E-state index contributed by atoms with van der Waals surface area (Å²) in [6, 6.07) is 30.3. The Morgan fingerprint density at radius 1 is 0.625 bits per heavy atom. The molecule has 40 heavy (non-hydrogen) atoms. The second-order valence-corrected chi connectivity index (χ2v) is 11.6. The molecule has 2 atom stereocenters. The van der Waals surface area contributed by atoms with E-state index in [1.54, 1.807) is 0 Å². The highest BCUT2D eigenvalue weighted by atomic mass is 32.2. The van der Waals surface area contributed by atoms with E-state index < -0.39 is 0 Å². The monoisotopic (exact) mass is 534 g/mol. The van der Waals surface area contributed by atoms with Gasteiger partial charge < -0.3 is 9.13 Å². The van der Waals surface area contributed by atoms with Crippen molar-refractivity contribution in [1.82, 2.24) is 19.1 Å². The predicted octanol–water partition coefficient (Wildman–Crippen LogP) is 8.89. The molecule has 0 N–H and O–H groups in total. The third kappa shape index (κ3) is 3.62. The van der Waals surface area contributed by atoms with E-state index >= 15 is 0 Å². The van der Waals surface area contributed by atoms with Gasteiger partial charge in [-0.1, -0.05) is 55.5 Å². The minimum Gasteiger partial charge on any atom is -0.309 e. The van der Waals surface area contributed by atoms with E-state index in [1.165, 1.54) is 54.2 Å². The molecule has 0 amide bonds. The van der Waals surface area contributed by atoms with Gasteiger partial charge in [0.2, 0.25) is 0 Å². The zero-order valence-corrected chi connectivity index (χ0v) is 22.8. The summed E-state index contributed by atoms with van der Waals surface area (Å²) in [6.45, 7) is 2.32. The van der Waals surface area contributed by atoms with Crippen molar-refractivity contribution in [3.05, 3.63) is 128 Å². The third-order valence-electron chi connectivity index (χ3n) is 7.98. The standard InChI is InChI=1S/C35H26N4S/c1-23-20-25(39-32-9-5-3-7-28(32)30-22-37-19-17-34(30)39)12-15-35(23)40-26-13-10-24(11-14-26)38-31-8-4-2-6-27(31)29-21-36-18-16-33(29)38/h2-23,35H,1H3. The van der Waals surface area contributed by atoms with Gasteiger partial charge in [0.1, 0.15) is 0 Å². The maximum atomic E-state index is 4.39. The van der Waals surface area contributed by atoms with Crippen LogP contribution in [0.1, 0.15) is 6.92 Å². The number of benzene rings is 3. The highest BCUT2D eigenvalue weighted by Gasteiger charge is 2.21. The first-order valence-electron chi connectivity index (χ1n) is 13.6. The van der Waals surface area contributed by atoms with Crippen LogP contribution in [0.4, 0.5) is 0 Å². The zero-order valence-electron chi connectivity index (χ0n) is 22.0. The van der Waals surface area contributed by atoms with Crippen molar-refractivity contribution in [2.75, 3.05) is 0 Å². The lowest BCUT2D eigenvalue weighted by Gasteiger charge is -2.24. The van der Waals surface area contributed by atoms with Crippen molar-refractivity contribution in [2.45, 2.75) is 17.1 Å². The number of allylic oxidation sites excluding steroid dienone is 3. The minimum absolute atomic E-state index is 0.365. The second-order valence-electron chi connectivity index (χ2n) is 10.4. The number of para-hydroxylation sites is 2. The molecule has 0 fully saturated rings. The number of pyridine rings is 2. The largest absolute Gasteiger partial charge is 0.309 e. The molecule has 0 saturated heterocycles. The molecule has 0 radical (unpaired) electrons. The van der Waals surface area contributed by atoms with Crippen molar-refractivity contribution in [2.24, 2.45) is 5.92 Å². The van der Waals surface area contributed by atoms with Crippen LogP contribution >= 0.6 is 11.8 Å². The number of hydrogen-bond donors (Lipinski definition) is 0. The van der Waals surface area contributed by atoms with E-state index in [-0.39, 0.29) is 0 Å². The SMILES string of the molecule is CC1C=C(n2c3ccccc3c3cnccc32)C=CC1Sc1ccc(-n2c3ccccc3c3cnccc32)cc1. The Labute approximate surface area is 236 Å². The van der Waals surface area contributed by atoms with Crippen LogP contribution < -0.4 is 0 Å². The first-order chi connectivity index (χ1) is 19.8. The molecule has 4 aromatic heterocycles. The number of rotatable bonds is 4. The molecular formula is C35H26N4S. The summed E-state index contributed by atoms with van der Waals surface area (Å²) < 4.78 is 4.70. The number of aromatic nitrogens is 4. The number of fused-ring (bicyclic) bond motifs is 6. The third-order valence-corrected chi connectivity index (χ3v) is 9.38. The van der Waals surface area contributed by atoms with E-state index in [2.05, 4.69) is 129 Å². The highest BCUT2D eigenvalue weighted by molar-refractivity contribution is 8.00. The molecule has 2 unspecified atom stereocenters. The van der Waals surface area contributed by atoms with Crippen LogP contribution in [0.15, 0.2) is 133 Å². The molecule has 0 spiro atoms. The van der Waals surface area contributed by atoms with Crippen molar-refractivity contribution in [1.29, 1.82) is 0 Å². The van der Waals surface area contributed by atoms with Gasteiger partial charge in [0, 0.05) is 67.9 Å². The molecule has 0 bridgehead atoms. The smallest absolute Gasteiger partial charge is 0.0571 e. The number of thioether (sulfide) groups is 1. The van der Waals surface area contributed by atoms with Crippen molar-refractivity contribution < 1.29 is 0 Å². The van der Waals surface area contributed by atoms with Crippen LogP contribution in [0.25, 0.3) is 55.0 Å². The predicted molar refractivity (Wildman–Crippen MR) is 168 cm³/mol. The molecule has 1 aliphatic carbocycles. The van der Waals surface area contributed by atoms with Gasteiger partial charge in [0.05, 0.1) is 22.1 Å². The highest BCUT2D eigenvalue weighted by Crippen LogP contribution is 2.38. The van der Waals surface area contributed by atoms with E-state index in [0.29, 0.717) is 11.2 Å². The summed E-state index contributed by atoms with van der Waals surface area (Å²) in [5.41, 5.74) is 7.18. The molecule has 4 heterocycles. The molecule has 0 saturated carbocycles. The Hall–Kier alpha value is -4.61. The van der Waals surface area contributed by atoms with E-state index in [1.807, 2.05) is 36.5 Å². The van der Waals surface area contributed by atoms with Gasteiger partial charge in [-0.3, -0.25) is 9.97 Å². The number of nitrogens with zero attached hydrogens (tertiary/aromatic N) is 4. The van der Waals surface area contributed by atoms with Gasteiger partial charge in [-0.2, -0.15) is 0 Å². The molecule has 5 heteroatoms. The summed E-state index contributed by atoms with van der Waals surface area (Å²) in [6.07, 6.45) is 14.7. The Bertz CT molecular complexity index is 2010. The number of hydrogen-bond acceptors (Lipinski definition) is 3. The van der Waals surface area contributed by atoms with Crippen LogP contribution in [0.2, 0.25) is 0 Å². The first-order valence-corrected chi connectivity index (χ1v) is 14.5. The van der Waals surface area contributed by atoms with Crippen LogP contribution in [0.5, 0.6) is 0 Å². The average Bonchev–Trinajstić information content (AvgIpc) is 3.52. The minimum atomic E-state index is 0.365. The van der Waals surface area contributed by atoms with Crippen molar-refractivity contribution in [3.63, 3.8) is 0 Å². The molecular weight excluding hydrogens is 508 g/mol. The van der Waals surface area contributed by atoms with Crippen molar-refractivity contribution >= 4 is 61.1 Å². The van der Waals surface area contributed by atoms with Crippen LogP contribution in [0.3, 0.4) is 0 Å². The summed E-state index contributed by atoms with van der Waals surface area (Å²) >= 11 is 1.92. The fraction of sp³-hybridized carbons (Fsp3) is 0.0857. The fourth-order valence-electron chi connectivity index (χ4n) is 6.10. The lowest BCUT2D eigenvalue weighted by Crippen LogP contribution is -2.14. The maximum absolute atomic E-state index is 4.39. The van der Waals surface area contributed by atoms with Gasteiger partial charge in [-0.05, 0) is 60.5 Å². The Morgan fingerprint density at radius 3 is 1.85 bits per heavy atom. The van der Waals surface area contributed by atoms with Crippen molar-refractivity contribution in [3.8, 4) is 5.69 Å². The summed E-state index contributed by atoms with van der Waals surface area (Å²) in [4.78, 5) is 10.0. The van der Waals surface area contributed by atoms with Crippen LogP contribution in [-0.2, 0) is 0 Å². The van der Waals surface area contributed by atoms with Gasteiger partial charge >= 0.3 is 0 Å². The lowest BCUT2D eigenvalue weighted by atomic mass is 10.0. The molecule has 8 rings (SSSR count). The zero-order chi connectivity index (χ0) is 26.6. The van der Waals surface area contributed by atoms with E-state index in [4.69, 9.17) is 0 Å². The second kappa shape index (κ2) is 9.25. The molecule has 0 aliphatic heterocycles. The van der Waals surface area contributed by atoms with Crippen LogP contribution in [0, 0.1) is 5.92 Å². The van der Waals surface area contributed by atoms with Gasteiger partial charge in [0.25, 0.3) is 0 Å². The summed E-state index contributed by atoms with van der Waals surface area (Å²) in [5.74, 6) is 0.382. The Morgan fingerprint density at radius 2 is 1.20 bits per heavy atom. The van der Waals surface area contributed by atoms with Gasteiger partial charge in [-0.15, -0.1) is 11.8 Å². The Balaban J connectivity index is 1.09. The maximum Gasteiger partial charge on any atom is 0.0571 e. The average molecular weight is 535 g/mol. The van der Waals surface area contributed by atoms with Gasteiger partial charge in [-0.25, -0.2) is 0 Å². The molecule has 192 valence electrons.